The maximum absolute atomic E-state index is 12.8. The Morgan fingerprint density at radius 2 is 1.68 bits per heavy atom. The molecule has 1 amide bonds. The maximum atomic E-state index is 12.8. The van der Waals surface area contributed by atoms with E-state index in [4.69, 9.17) is 9.47 Å². The number of rotatable bonds is 6. The topological polar surface area (TPSA) is 50.8 Å². The van der Waals surface area contributed by atoms with Crippen LogP contribution in [-0.2, 0) is 6.54 Å². The summed E-state index contributed by atoms with van der Waals surface area (Å²) < 4.78 is 10.6. The summed E-state index contributed by atoms with van der Waals surface area (Å²) in [6.45, 7) is 1.01. The van der Waals surface area contributed by atoms with E-state index in [0.717, 1.165) is 19.4 Å². The SMILES string of the molecule is COc1ccc(C(=O)NC2C[C@@H]3CC[C@@H](C2)N3Cc2ccccc2)cc1OC. The Morgan fingerprint density at radius 3 is 2.32 bits per heavy atom. The molecule has 2 atom stereocenters. The van der Waals surface area contributed by atoms with Gasteiger partial charge in [-0.2, -0.15) is 0 Å². The first kappa shape index (κ1) is 18.8. The minimum absolute atomic E-state index is 0.0399. The molecular formula is C23H28N2O3. The molecule has 2 aliphatic heterocycles. The van der Waals surface area contributed by atoms with E-state index in [1.165, 1.54) is 18.4 Å². The molecule has 5 nitrogen and oxygen atoms in total. The van der Waals surface area contributed by atoms with Crippen molar-refractivity contribution in [3.63, 3.8) is 0 Å². The van der Waals surface area contributed by atoms with E-state index in [0.29, 0.717) is 29.1 Å². The number of carbonyl (C=O) groups excluding carboxylic acids is 1. The standard InChI is InChI=1S/C23H28N2O3/c1-27-21-11-8-17(12-22(21)28-2)23(26)24-18-13-19-9-10-20(14-18)25(19)15-16-6-4-3-5-7-16/h3-8,11-12,18-20H,9-10,13-15H2,1-2H3,(H,24,26)/t19-,20-/m0/s1. The molecule has 0 saturated carbocycles. The maximum Gasteiger partial charge on any atom is 0.251 e. The largest absolute Gasteiger partial charge is 0.493 e. The number of methoxy groups -OCH3 is 2. The summed E-state index contributed by atoms with van der Waals surface area (Å²) in [7, 11) is 3.18. The first-order chi connectivity index (χ1) is 13.7. The van der Waals surface area contributed by atoms with E-state index in [9.17, 15) is 4.79 Å². The summed E-state index contributed by atoms with van der Waals surface area (Å²) in [4.78, 5) is 15.4. The van der Waals surface area contributed by atoms with E-state index >= 15 is 0 Å². The predicted molar refractivity (Wildman–Crippen MR) is 109 cm³/mol. The van der Waals surface area contributed by atoms with E-state index in [2.05, 4.69) is 40.5 Å². The monoisotopic (exact) mass is 380 g/mol. The van der Waals surface area contributed by atoms with Crippen molar-refractivity contribution in [2.45, 2.75) is 50.4 Å². The van der Waals surface area contributed by atoms with Gasteiger partial charge in [0.1, 0.15) is 0 Å². The molecule has 2 aromatic carbocycles. The molecule has 2 saturated heterocycles. The molecule has 4 rings (SSSR count). The van der Waals surface area contributed by atoms with Gasteiger partial charge in [-0.1, -0.05) is 30.3 Å². The minimum atomic E-state index is -0.0399. The lowest BCUT2D eigenvalue weighted by atomic mass is 9.96. The lowest BCUT2D eigenvalue weighted by Crippen LogP contribution is -2.49. The van der Waals surface area contributed by atoms with Crippen LogP contribution in [0.3, 0.4) is 0 Å². The number of amides is 1. The van der Waals surface area contributed by atoms with Gasteiger partial charge >= 0.3 is 0 Å². The van der Waals surface area contributed by atoms with Crippen molar-refractivity contribution in [2.75, 3.05) is 14.2 Å². The highest BCUT2D eigenvalue weighted by atomic mass is 16.5. The van der Waals surface area contributed by atoms with Gasteiger partial charge in [-0.25, -0.2) is 0 Å². The number of hydrogen-bond acceptors (Lipinski definition) is 4. The lowest BCUT2D eigenvalue weighted by Gasteiger charge is -2.39. The molecular weight excluding hydrogens is 352 g/mol. The first-order valence-corrected chi connectivity index (χ1v) is 10.0. The molecule has 5 heteroatoms. The van der Waals surface area contributed by atoms with Crippen LogP contribution in [0.15, 0.2) is 48.5 Å². The second-order valence-electron chi connectivity index (χ2n) is 7.75. The van der Waals surface area contributed by atoms with Crippen molar-refractivity contribution in [3.8, 4) is 11.5 Å². The van der Waals surface area contributed by atoms with Crippen LogP contribution in [0.2, 0.25) is 0 Å². The van der Waals surface area contributed by atoms with Crippen molar-refractivity contribution in [1.82, 2.24) is 10.2 Å². The van der Waals surface area contributed by atoms with Crippen LogP contribution >= 0.6 is 0 Å². The number of benzene rings is 2. The number of ether oxygens (including phenoxy) is 2. The molecule has 0 aromatic heterocycles. The molecule has 2 aromatic rings. The number of piperidine rings is 1. The van der Waals surface area contributed by atoms with Crippen LogP contribution in [0.4, 0.5) is 0 Å². The molecule has 0 radical (unpaired) electrons. The number of carbonyl (C=O) groups is 1. The number of nitrogens with one attached hydrogen (secondary N) is 1. The number of hydrogen-bond donors (Lipinski definition) is 1. The molecule has 0 spiro atoms. The molecule has 1 N–H and O–H groups in total. The second kappa shape index (κ2) is 8.23. The van der Waals surface area contributed by atoms with Crippen LogP contribution in [0.1, 0.15) is 41.6 Å². The van der Waals surface area contributed by atoms with Crippen molar-refractivity contribution in [3.05, 3.63) is 59.7 Å². The highest BCUT2D eigenvalue weighted by molar-refractivity contribution is 5.95. The van der Waals surface area contributed by atoms with Gasteiger partial charge in [0.2, 0.25) is 0 Å². The van der Waals surface area contributed by atoms with E-state index in [1.807, 2.05) is 0 Å². The molecule has 2 fully saturated rings. The molecule has 2 aliphatic rings. The quantitative estimate of drug-likeness (QED) is 0.831. The van der Waals surface area contributed by atoms with Crippen LogP contribution < -0.4 is 14.8 Å². The third-order valence-electron chi connectivity index (χ3n) is 6.07. The van der Waals surface area contributed by atoms with Gasteiger partial charge in [-0.05, 0) is 49.4 Å². The summed E-state index contributed by atoms with van der Waals surface area (Å²) in [6, 6.07) is 17.3. The van der Waals surface area contributed by atoms with Gasteiger partial charge in [0.05, 0.1) is 14.2 Å². The average molecular weight is 380 g/mol. The molecule has 28 heavy (non-hydrogen) atoms. The highest BCUT2D eigenvalue weighted by Gasteiger charge is 2.40. The Balaban J connectivity index is 1.39. The fourth-order valence-electron chi connectivity index (χ4n) is 4.69. The normalized spacial score (nSPS) is 24.0. The Morgan fingerprint density at radius 1 is 1.00 bits per heavy atom. The zero-order chi connectivity index (χ0) is 19.5. The fourth-order valence-corrected chi connectivity index (χ4v) is 4.69. The first-order valence-electron chi connectivity index (χ1n) is 10.0. The highest BCUT2D eigenvalue weighted by Crippen LogP contribution is 2.37. The Labute approximate surface area is 166 Å². The zero-order valence-corrected chi connectivity index (χ0v) is 16.6. The lowest BCUT2D eigenvalue weighted by molar-refractivity contribution is 0.0827. The van der Waals surface area contributed by atoms with Crippen LogP contribution in [-0.4, -0.2) is 43.2 Å². The molecule has 2 heterocycles. The molecule has 2 bridgehead atoms. The summed E-state index contributed by atoms with van der Waals surface area (Å²) >= 11 is 0. The van der Waals surface area contributed by atoms with Crippen molar-refractivity contribution >= 4 is 5.91 Å². The van der Waals surface area contributed by atoms with Crippen LogP contribution in [0.5, 0.6) is 11.5 Å². The van der Waals surface area contributed by atoms with Gasteiger partial charge in [0.15, 0.2) is 11.5 Å². The van der Waals surface area contributed by atoms with Crippen LogP contribution in [0, 0.1) is 0 Å². The Bertz CT molecular complexity index is 810. The van der Waals surface area contributed by atoms with Gasteiger partial charge in [-0.15, -0.1) is 0 Å². The van der Waals surface area contributed by atoms with E-state index < -0.39 is 0 Å². The second-order valence-corrected chi connectivity index (χ2v) is 7.75. The number of fused-ring (bicyclic) bond motifs is 2. The third kappa shape index (κ3) is 3.85. The average Bonchev–Trinajstić information content (AvgIpc) is 2.96. The van der Waals surface area contributed by atoms with Gasteiger partial charge in [0.25, 0.3) is 5.91 Å². The molecule has 0 unspecified atom stereocenters. The Kier molecular flexibility index (Phi) is 5.53. The predicted octanol–water partition coefficient (Wildman–Crippen LogP) is 3.63. The van der Waals surface area contributed by atoms with Crippen molar-refractivity contribution in [1.29, 1.82) is 0 Å². The van der Waals surface area contributed by atoms with Gasteiger partial charge < -0.3 is 14.8 Å². The van der Waals surface area contributed by atoms with Crippen molar-refractivity contribution < 1.29 is 14.3 Å². The van der Waals surface area contributed by atoms with Crippen LogP contribution in [0.25, 0.3) is 0 Å². The molecule has 0 aliphatic carbocycles. The number of nitrogens with zero attached hydrogens (tertiary/aromatic N) is 1. The summed E-state index contributed by atoms with van der Waals surface area (Å²) in [5, 5.41) is 3.25. The minimum Gasteiger partial charge on any atom is -0.493 e. The van der Waals surface area contributed by atoms with Crippen molar-refractivity contribution in [2.24, 2.45) is 0 Å². The zero-order valence-electron chi connectivity index (χ0n) is 16.6. The van der Waals surface area contributed by atoms with E-state index in [-0.39, 0.29) is 11.9 Å². The van der Waals surface area contributed by atoms with E-state index in [1.54, 1.807) is 32.4 Å². The molecule has 148 valence electrons. The smallest absolute Gasteiger partial charge is 0.251 e. The van der Waals surface area contributed by atoms with Gasteiger partial charge in [-0.3, -0.25) is 9.69 Å². The van der Waals surface area contributed by atoms with Gasteiger partial charge in [0, 0.05) is 30.2 Å². The Hall–Kier alpha value is -2.53. The fraction of sp³-hybridized carbons (Fsp3) is 0.435. The third-order valence-corrected chi connectivity index (χ3v) is 6.07. The summed E-state index contributed by atoms with van der Waals surface area (Å²) in [5.74, 6) is 1.17. The summed E-state index contributed by atoms with van der Waals surface area (Å²) in [5.41, 5.74) is 1.98. The summed E-state index contributed by atoms with van der Waals surface area (Å²) in [6.07, 6.45) is 4.48.